The van der Waals surface area contributed by atoms with E-state index in [0.717, 1.165) is 6.26 Å². The van der Waals surface area contributed by atoms with Crippen molar-refractivity contribution < 1.29 is 18.0 Å². The van der Waals surface area contributed by atoms with Gasteiger partial charge < -0.3 is 10.2 Å². The number of hydrogen-bond donors (Lipinski definition) is 1. The first kappa shape index (κ1) is 19.9. The van der Waals surface area contributed by atoms with Gasteiger partial charge >= 0.3 is 0 Å². The number of hydrogen-bond acceptors (Lipinski definition) is 4. The number of benzene rings is 2. The van der Waals surface area contributed by atoms with E-state index in [1.165, 1.54) is 23.1 Å². The highest BCUT2D eigenvalue weighted by molar-refractivity contribution is 7.89. The molecule has 0 aliphatic rings. The highest BCUT2D eigenvalue weighted by Crippen LogP contribution is 2.22. The van der Waals surface area contributed by atoms with Gasteiger partial charge in [0.1, 0.15) is 0 Å². The summed E-state index contributed by atoms with van der Waals surface area (Å²) in [5.41, 5.74) is 1.54. The van der Waals surface area contributed by atoms with Crippen LogP contribution in [0, 0.1) is 0 Å². The van der Waals surface area contributed by atoms with E-state index >= 15 is 0 Å². The molecular formula is C18H19ClN2O4S. The summed E-state index contributed by atoms with van der Waals surface area (Å²) in [5.74, 6) is -0.830. The van der Waals surface area contributed by atoms with Crippen molar-refractivity contribution in [1.82, 2.24) is 4.90 Å². The number of amides is 2. The first-order chi connectivity index (χ1) is 12.1. The van der Waals surface area contributed by atoms with Crippen LogP contribution in [-0.4, -0.2) is 45.5 Å². The molecule has 26 heavy (non-hydrogen) atoms. The van der Waals surface area contributed by atoms with E-state index in [2.05, 4.69) is 5.32 Å². The number of anilines is 1. The maximum atomic E-state index is 12.4. The van der Waals surface area contributed by atoms with Crippen LogP contribution >= 0.6 is 11.6 Å². The Labute approximate surface area is 157 Å². The Bertz CT molecular complexity index is 955. The molecule has 0 radical (unpaired) electrons. The van der Waals surface area contributed by atoms with Crippen LogP contribution in [0.5, 0.6) is 0 Å². The van der Waals surface area contributed by atoms with Crippen LogP contribution in [0.15, 0.2) is 42.5 Å². The molecule has 0 aliphatic heterocycles. The fraction of sp³-hybridized carbons (Fsp3) is 0.222. The van der Waals surface area contributed by atoms with Gasteiger partial charge in [0.2, 0.25) is 0 Å². The van der Waals surface area contributed by atoms with Gasteiger partial charge in [0, 0.05) is 31.6 Å². The zero-order valence-electron chi connectivity index (χ0n) is 14.6. The predicted molar refractivity (Wildman–Crippen MR) is 102 cm³/mol. The van der Waals surface area contributed by atoms with E-state index in [1.54, 1.807) is 38.4 Å². The van der Waals surface area contributed by atoms with Crippen molar-refractivity contribution in [3.63, 3.8) is 0 Å². The second-order valence-corrected chi connectivity index (χ2v) is 8.67. The highest BCUT2D eigenvalue weighted by atomic mass is 35.5. The molecular weight excluding hydrogens is 376 g/mol. The third kappa shape index (κ3) is 5.31. The maximum absolute atomic E-state index is 12.4. The minimum Gasteiger partial charge on any atom is -0.345 e. The Morgan fingerprint density at radius 2 is 1.81 bits per heavy atom. The molecule has 8 heteroatoms. The van der Waals surface area contributed by atoms with E-state index in [9.17, 15) is 18.0 Å². The SMILES string of the molecule is CN(C)C(=O)c1cc(NC(=O)c2cccc(CS(C)(=O)=O)c2)ccc1Cl. The summed E-state index contributed by atoms with van der Waals surface area (Å²) in [6.45, 7) is 0. The van der Waals surface area contributed by atoms with Gasteiger partial charge in [-0.05, 0) is 35.9 Å². The largest absolute Gasteiger partial charge is 0.345 e. The minimum atomic E-state index is -3.20. The number of rotatable bonds is 5. The van der Waals surface area contributed by atoms with E-state index in [1.807, 2.05) is 0 Å². The van der Waals surface area contributed by atoms with Crippen LogP contribution in [0.25, 0.3) is 0 Å². The first-order valence-corrected chi connectivity index (χ1v) is 10.1. The molecule has 0 fully saturated rings. The summed E-state index contributed by atoms with van der Waals surface area (Å²) in [6.07, 6.45) is 1.14. The zero-order valence-corrected chi connectivity index (χ0v) is 16.2. The number of halogens is 1. The second kappa shape index (κ2) is 7.88. The number of carbonyl (C=O) groups excluding carboxylic acids is 2. The summed E-state index contributed by atoms with van der Waals surface area (Å²) in [7, 11) is 0.0215. The van der Waals surface area contributed by atoms with E-state index in [0.29, 0.717) is 16.8 Å². The van der Waals surface area contributed by atoms with Crippen molar-refractivity contribution in [1.29, 1.82) is 0 Å². The average molecular weight is 395 g/mol. The topological polar surface area (TPSA) is 83.6 Å². The molecule has 0 aliphatic carbocycles. The normalized spacial score (nSPS) is 11.1. The fourth-order valence-electron chi connectivity index (χ4n) is 2.32. The number of nitrogens with zero attached hydrogens (tertiary/aromatic N) is 1. The molecule has 2 amide bonds. The molecule has 0 saturated carbocycles. The molecule has 1 N–H and O–H groups in total. The smallest absolute Gasteiger partial charge is 0.255 e. The third-order valence-corrected chi connectivity index (χ3v) is 4.67. The Morgan fingerprint density at radius 1 is 1.12 bits per heavy atom. The van der Waals surface area contributed by atoms with Crippen LogP contribution in [0.1, 0.15) is 26.3 Å². The predicted octanol–water partition coefficient (Wildman–Crippen LogP) is 2.84. The summed E-state index contributed by atoms with van der Waals surface area (Å²) >= 11 is 6.05. The van der Waals surface area contributed by atoms with Crippen molar-refractivity contribution in [2.75, 3.05) is 25.7 Å². The van der Waals surface area contributed by atoms with Crippen LogP contribution in [0.3, 0.4) is 0 Å². The average Bonchev–Trinajstić information content (AvgIpc) is 2.54. The molecule has 2 rings (SSSR count). The van der Waals surface area contributed by atoms with Crippen molar-refractivity contribution in [3.05, 3.63) is 64.2 Å². The van der Waals surface area contributed by atoms with Crippen molar-refractivity contribution in [2.24, 2.45) is 0 Å². The quantitative estimate of drug-likeness (QED) is 0.845. The lowest BCUT2D eigenvalue weighted by atomic mass is 10.1. The number of nitrogens with one attached hydrogen (secondary N) is 1. The molecule has 0 unspecified atom stereocenters. The second-order valence-electron chi connectivity index (χ2n) is 6.12. The molecule has 0 aromatic heterocycles. The molecule has 0 saturated heterocycles. The maximum Gasteiger partial charge on any atom is 0.255 e. The number of carbonyl (C=O) groups is 2. The van der Waals surface area contributed by atoms with Crippen LogP contribution in [0.4, 0.5) is 5.69 Å². The van der Waals surface area contributed by atoms with Crippen LogP contribution in [-0.2, 0) is 15.6 Å². The molecule has 0 spiro atoms. The molecule has 6 nitrogen and oxygen atoms in total. The molecule has 0 atom stereocenters. The van der Waals surface area contributed by atoms with E-state index < -0.39 is 15.7 Å². The van der Waals surface area contributed by atoms with Gasteiger partial charge in [-0.25, -0.2) is 8.42 Å². The molecule has 2 aromatic carbocycles. The Kier molecular flexibility index (Phi) is 6.05. The Balaban J connectivity index is 2.24. The van der Waals surface area contributed by atoms with Gasteiger partial charge in [0.25, 0.3) is 11.8 Å². The molecule has 0 heterocycles. The van der Waals surface area contributed by atoms with Gasteiger partial charge in [0.05, 0.1) is 16.3 Å². The van der Waals surface area contributed by atoms with E-state index in [-0.39, 0.29) is 22.2 Å². The standard InChI is InChI=1S/C18H19ClN2O4S/c1-21(2)18(23)15-10-14(7-8-16(15)19)20-17(22)13-6-4-5-12(9-13)11-26(3,24)25/h4-10H,11H2,1-3H3,(H,20,22). The van der Waals surface area contributed by atoms with Crippen LogP contribution in [0.2, 0.25) is 5.02 Å². The Morgan fingerprint density at radius 3 is 2.42 bits per heavy atom. The van der Waals surface area contributed by atoms with Crippen molar-refractivity contribution in [2.45, 2.75) is 5.75 Å². The fourth-order valence-corrected chi connectivity index (χ4v) is 3.30. The van der Waals surface area contributed by atoms with E-state index in [4.69, 9.17) is 11.6 Å². The molecule has 0 bridgehead atoms. The van der Waals surface area contributed by atoms with Gasteiger partial charge in [-0.2, -0.15) is 0 Å². The summed E-state index contributed by atoms with van der Waals surface area (Å²) in [5, 5.41) is 2.98. The lowest BCUT2D eigenvalue weighted by molar-refractivity contribution is 0.0827. The minimum absolute atomic E-state index is 0.142. The monoisotopic (exact) mass is 394 g/mol. The van der Waals surface area contributed by atoms with Crippen molar-refractivity contribution in [3.8, 4) is 0 Å². The van der Waals surface area contributed by atoms with Gasteiger partial charge in [-0.1, -0.05) is 23.7 Å². The number of sulfone groups is 1. The third-order valence-electron chi connectivity index (χ3n) is 3.48. The highest BCUT2D eigenvalue weighted by Gasteiger charge is 2.15. The Hall–Kier alpha value is -2.38. The first-order valence-electron chi connectivity index (χ1n) is 7.66. The van der Waals surface area contributed by atoms with Gasteiger partial charge in [-0.15, -0.1) is 0 Å². The van der Waals surface area contributed by atoms with Crippen molar-refractivity contribution >= 4 is 38.9 Å². The lowest BCUT2D eigenvalue weighted by Gasteiger charge is -2.13. The van der Waals surface area contributed by atoms with Gasteiger partial charge in [-0.3, -0.25) is 9.59 Å². The lowest BCUT2D eigenvalue weighted by Crippen LogP contribution is -2.22. The summed E-state index contributed by atoms with van der Waals surface area (Å²) < 4.78 is 22.8. The van der Waals surface area contributed by atoms with Gasteiger partial charge in [0.15, 0.2) is 9.84 Å². The zero-order chi connectivity index (χ0) is 19.5. The van der Waals surface area contributed by atoms with Crippen LogP contribution < -0.4 is 5.32 Å². The summed E-state index contributed by atoms with van der Waals surface area (Å²) in [6, 6.07) is 11.0. The molecule has 2 aromatic rings. The molecule has 138 valence electrons. The summed E-state index contributed by atoms with van der Waals surface area (Å²) in [4.78, 5) is 26.0.